The maximum Gasteiger partial charge on any atom is 0.226 e. The topological polar surface area (TPSA) is 85.8 Å². The number of aromatic nitrogens is 4. The first-order chi connectivity index (χ1) is 13.2. The number of para-hydroxylation sites is 2. The van der Waals surface area contributed by atoms with Crippen molar-refractivity contribution in [2.45, 2.75) is 25.8 Å². The number of hydrogen-bond donors (Lipinski definition) is 1. The molecule has 0 aliphatic rings. The number of nitrogens with zero attached hydrogens (tertiary/aromatic N) is 4. The maximum atomic E-state index is 12.1. The van der Waals surface area contributed by atoms with Gasteiger partial charge in [-0.3, -0.25) is 4.79 Å². The second-order valence-electron chi connectivity index (χ2n) is 6.20. The van der Waals surface area contributed by atoms with Gasteiger partial charge in [0, 0.05) is 19.9 Å². The Balaban J connectivity index is 1.25. The van der Waals surface area contributed by atoms with Crippen LogP contribution in [0.3, 0.4) is 0 Å². The average Bonchev–Trinajstić information content (AvgIpc) is 3.41. The Morgan fingerprint density at radius 3 is 2.93 bits per heavy atom. The van der Waals surface area contributed by atoms with Gasteiger partial charge in [-0.15, -0.1) is 11.3 Å². The molecule has 0 unspecified atom stereocenters. The monoisotopic (exact) mass is 381 g/mol. The normalized spacial score (nSPS) is 11.1. The van der Waals surface area contributed by atoms with E-state index in [9.17, 15) is 4.79 Å². The fraction of sp³-hybridized carbons (Fsp3) is 0.263. The molecule has 138 valence electrons. The molecule has 27 heavy (non-hydrogen) atoms. The van der Waals surface area contributed by atoms with Gasteiger partial charge in [-0.05, 0) is 30.0 Å². The van der Waals surface area contributed by atoms with E-state index >= 15 is 0 Å². The quantitative estimate of drug-likeness (QED) is 0.531. The summed E-state index contributed by atoms with van der Waals surface area (Å²) in [7, 11) is 1.96. The van der Waals surface area contributed by atoms with Crippen LogP contribution in [0.4, 0.5) is 0 Å². The Labute approximate surface area is 160 Å². The number of carbonyl (C=O) groups excluding carboxylic acids is 1. The first kappa shape index (κ1) is 17.4. The van der Waals surface area contributed by atoms with Crippen molar-refractivity contribution in [3.05, 3.63) is 53.5 Å². The van der Waals surface area contributed by atoms with Crippen LogP contribution in [0.25, 0.3) is 21.7 Å². The lowest BCUT2D eigenvalue weighted by Crippen LogP contribution is -2.24. The molecule has 1 amide bonds. The zero-order valence-electron chi connectivity index (χ0n) is 14.9. The predicted molar refractivity (Wildman–Crippen MR) is 103 cm³/mol. The Bertz CT molecular complexity index is 1050. The summed E-state index contributed by atoms with van der Waals surface area (Å²) in [4.78, 5) is 22.0. The zero-order valence-corrected chi connectivity index (χ0v) is 15.7. The molecular weight excluding hydrogens is 362 g/mol. The molecule has 0 saturated heterocycles. The number of amides is 1. The highest BCUT2D eigenvalue weighted by Crippen LogP contribution is 2.21. The highest BCUT2D eigenvalue weighted by Gasteiger charge is 2.11. The Morgan fingerprint density at radius 2 is 2.11 bits per heavy atom. The number of hydrogen-bond acceptors (Lipinski definition) is 6. The zero-order chi connectivity index (χ0) is 18.6. The Morgan fingerprint density at radius 1 is 1.22 bits per heavy atom. The molecule has 0 aliphatic carbocycles. The summed E-state index contributed by atoms with van der Waals surface area (Å²) in [5.41, 5.74) is 1.99. The number of aryl methyl sites for hydroxylation is 2. The molecule has 1 aromatic carbocycles. The molecule has 4 rings (SSSR count). The minimum Gasteiger partial charge on any atom is -0.349 e. The van der Waals surface area contributed by atoms with E-state index in [0.717, 1.165) is 21.7 Å². The van der Waals surface area contributed by atoms with Gasteiger partial charge in [0.25, 0.3) is 0 Å². The predicted octanol–water partition coefficient (Wildman–Crippen LogP) is 3.32. The molecular formula is C19H19N5O2S. The molecule has 0 radical (unpaired) electrons. The largest absolute Gasteiger partial charge is 0.349 e. The average molecular weight is 381 g/mol. The van der Waals surface area contributed by atoms with E-state index in [1.807, 2.05) is 53.4 Å². The van der Waals surface area contributed by atoms with Crippen molar-refractivity contribution >= 4 is 28.3 Å². The van der Waals surface area contributed by atoms with E-state index in [4.69, 9.17) is 4.52 Å². The van der Waals surface area contributed by atoms with E-state index in [2.05, 4.69) is 20.4 Å². The van der Waals surface area contributed by atoms with Crippen molar-refractivity contribution in [3.63, 3.8) is 0 Å². The van der Waals surface area contributed by atoms with Crippen LogP contribution in [0.1, 0.15) is 24.6 Å². The molecule has 8 heteroatoms. The van der Waals surface area contributed by atoms with Gasteiger partial charge >= 0.3 is 0 Å². The van der Waals surface area contributed by atoms with Gasteiger partial charge in [-0.25, -0.2) is 4.98 Å². The summed E-state index contributed by atoms with van der Waals surface area (Å²) in [6, 6.07) is 11.8. The van der Waals surface area contributed by atoms with Crippen LogP contribution in [-0.4, -0.2) is 25.6 Å². The minimum atomic E-state index is -0.0138. The van der Waals surface area contributed by atoms with E-state index in [1.165, 1.54) is 0 Å². The number of benzene rings is 1. The van der Waals surface area contributed by atoms with Gasteiger partial charge in [-0.2, -0.15) is 4.98 Å². The molecule has 0 aliphatic heterocycles. The first-order valence-electron chi connectivity index (χ1n) is 8.74. The number of nitrogens with one attached hydrogen (secondary N) is 1. The van der Waals surface area contributed by atoms with E-state index in [1.54, 1.807) is 11.3 Å². The molecule has 3 aromatic heterocycles. The molecule has 0 atom stereocenters. The second kappa shape index (κ2) is 7.71. The standard InChI is InChI=1S/C19H19N5O2S/c1-24-14-7-3-2-6-13(14)21-16(24)12-20-17(25)9-4-10-18-22-19(23-26-18)15-8-5-11-27-15/h2-3,5-8,11H,4,9-10,12H2,1H3,(H,20,25). The molecule has 3 heterocycles. The fourth-order valence-corrected chi connectivity index (χ4v) is 3.53. The van der Waals surface area contributed by atoms with Crippen LogP contribution in [0.5, 0.6) is 0 Å². The van der Waals surface area contributed by atoms with Gasteiger partial charge in [0.05, 0.1) is 22.5 Å². The van der Waals surface area contributed by atoms with Crippen molar-refractivity contribution in [2.75, 3.05) is 0 Å². The van der Waals surface area contributed by atoms with Crippen LogP contribution < -0.4 is 5.32 Å². The highest BCUT2D eigenvalue weighted by atomic mass is 32.1. The van der Waals surface area contributed by atoms with Crippen LogP contribution >= 0.6 is 11.3 Å². The summed E-state index contributed by atoms with van der Waals surface area (Å²) >= 11 is 1.57. The van der Waals surface area contributed by atoms with Crippen molar-refractivity contribution < 1.29 is 9.32 Å². The van der Waals surface area contributed by atoms with Crippen LogP contribution in [0, 0.1) is 0 Å². The lowest BCUT2D eigenvalue weighted by atomic mass is 10.2. The third-order valence-corrected chi connectivity index (χ3v) is 5.19. The van der Waals surface area contributed by atoms with Gasteiger partial charge in [0.1, 0.15) is 5.82 Å². The molecule has 4 aromatic rings. The lowest BCUT2D eigenvalue weighted by Gasteiger charge is -2.05. The number of fused-ring (bicyclic) bond motifs is 1. The lowest BCUT2D eigenvalue weighted by molar-refractivity contribution is -0.121. The third kappa shape index (κ3) is 3.90. The number of rotatable bonds is 7. The summed E-state index contributed by atoms with van der Waals surface area (Å²) in [6.07, 6.45) is 1.64. The number of carbonyl (C=O) groups is 1. The molecule has 7 nitrogen and oxygen atoms in total. The third-order valence-electron chi connectivity index (χ3n) is 4.33. The summed E-state index contributed by atoms with van der Waals surface area (Å²) in [6.45, 7) is 0.410. The second-order valence-corrected chi connectivity index (χ2v) is 7.14. The first-order valence-corrected chi connectivity index (χ1v) is 9.62. The molecule has 0 bridgehead atoms. The van der Waals surface area contributed by atoms with E-state index < -0.39 is 0 Å². The van der Waals surface area contributed by atoms with Gasteiger partial charge in [0.2, 0.25) is 17.6 Å². The van der Waals surface area contributed by atoms with Gasteiger partial charge in [-0.1, -0.05) is 23.4 Å². The summed E-state index contributed by atoms with van der Waals surface area (Å²) < 4.78 is 7.25. The van der Waals surface area contributed by atoms with Crippen LogP contribution in [-0.2, 0) is 24.8 Å². The summed E-state index contributed by atoms with van der Waals surface area (Å²) in [5, 5.41) is 8.88. The van der Waals surface area contributed by atoms with E-state index in [-0.39, 0.29) is 5.91 Å². The van der Waals surface area contributed by atoms with Gasteiger partial charge in [0.15, 0.2) is 0 Å². The van der Waals surface area contributed by atoms with Crippen molar-refractivity contribution in [1.29, 1.82) is 0 Å². The highest BCUT2D eigenvalue weighted by molar-refractivity contribution is 7.13. The SMILES string of the molecule is Cn1c(CNC(=O)CCCc2nc(-c3cccs3)no2)nc2ccccc21. The number of imidazole rings is 1. The smallest absolute Gasteiger partial charge is 0.226 e. The van der Waals surface area contributed by atoms with E-state index in [0.29, 0.717) is 37.5 Å². The fourth-order valence-electron chi connectivity index (χ4n) is 2.88. The van der Waals surface area contributed by atoms with Gasteiger partial charge < -0.3 is 14.4 Å². The molecule has 0 spiro atoms. The van der Waals surface area contributed by atoms with Crippen molar-refractivity contribution in [2.24, 2.45) is 7.05 Å². The van der Waals surface area contributed by atoms with Crippen molar-refractivity contribution in [3.8, 4) is 10.7 Å². The summed E-state index contributed by atoms with van der Waals surface area (Å²) in [5.74, 6) is 1.98. The Hall–Kier alpha value is -3.00. The number of thiophene rings is 1. The van der Waals surface area contributed by atoms with Crippen LogP contribution in [0.2, 0.25) is 0 Å². The maximum absolute atomic E-state index is 12.1. The Kier molecular flexibility index (Phi) is 4.97. The molecule has 1 N–H and O–H groups in total. The molecule has 0 saturated carbocycles. The van der Waals surface area contributed by atoms with Crippen LogP contribution in [0.15, 0.2) is 46.3 Å². The van der Waals surface area contributed by atoms with Crippen molar-refractivity contribution in [1.82, 2.24) is 25.0 Å². The minimum absolute atomic E-state index is 0.0138. The molecule has 0 fully saturated rings.